The molecule has 1 aliphatic heterocycles. The van der Waals surface area contributed by atoms with E-state index >= 15 is 0 Å². The number of hydrogen-bond acceptors (Lipinski definition) is 3. The van der Waals surface area contributed by atoms with Gasteiger partial charge >= 0.3 is 0 Å². The number of nitrogens with two attached hydrogens (primary N) is 1. The first-order valence-corrected chi connectivity index (χ1v) is 6.61. The van der Waals surface area contributed by atoms with Crippen LogP contribution in [0, 0.1) is 5.82 Å². The highest BCUT2D eigenvalue weighted by Gasteiger charge is 2.28. The van der Waals surface area contributed by atoms with E-state index in [1.54, 1.807) is 13.1 Å². The van der Waals surface area contributed by atoms with Crippen molar-refractivity contribution in [1.82, 2.24) is 10.2 Å². The zero-order chi connectivity index (χ0) is 13.8. The monoisotopic (exact) mass is 265 g/mol. The third-order valence-electron chi connectivity index (χ3n) is 3.64. The van der Waals surface area contributed by atoms with Crippen LogP contribution in [0.3, 0.4) is 0 Å². The van der Waals surface area contributed by atoms with E-state index in [1.807, 2.05) is 0 Å². The molecule has 1 aliphatic rings. The van der Waals surface area contributed by atoms with Crippen molar-refractivity contribution >= 4 is 11.6 Å². The number of likely N-dealkylation sites (N-methyl/N-ethyl adjacent to an activating group) is 1. The van der Waals surface area contributed by atoms with Crippen LogP contribution in [0.1, 0.15) is 24.8 Å². The largest absolute Gasteiger partial charge is 0.398 e. The van der Waals surface area contributed by atoms with Crippen molar-refractivity contribution < 1.29 is 9.18 Å². The molecule has 0 aliphatic carbocycles. The molecule has 0 bridgehead atoms. The van der Waals surface area contributed by atoms with Gasteiger partial charge in [0.15, 0.2) is 0 Å². The highest BCUT2D eigenvalue weighted by atomic mass is 19.1. The Morgan fingerprint density at radius 2 is 2.32 bits per heavy atom. The van der Waals surface area contributed by atoms with Gasteiger partial charge in [-0.3, -0.25) is 9.69 Å². The second kappa shape index (κ2) is 6.02. The summed E-state index contributed by atoms with van der Waals surface area (Å²) in [6.07, 6.45) is 2.95. The summed E-state index contributed by atoms with van der Waals surface area (Å²) < 4.78 is 13.3. The van der Waals surface area contributed by atoms with Gasteiger partial charge in [-0.2, -0.15) is 0 Å². The fraction of sp³-hybridized carbons (Fsp3) is 0.500. The molecule has 0 aromatic heterocycles. The summed E-state index contributed by atoms with van der Waals surface area (Å²) >= 11 is 0. The Kier molecular flexibility index (Phi) is 4.37. The van der Waals surface area contributed by atoms with Gasteiger partial charge in [-0.15, -0.1) is 0 Å². The second-order valence-corrected chi connectivity index (χ2v) is 4.94. The standard InChI is InChI=1S/C14H20FN3O/c1-17-14(19)13-4-2-3-7-18(13)9-10-8-11(15)5-6-12(10)16/h5-6,8,13H,2-4,7,9,16H2,1H3,(H,17,19). The molecule has 5 heteroatoms. The summed E-state index contributed by atoms with van der Waals surface area (Å²) in [5.41, 5.74) is 7.18. The van der Waals surface area contributed by atoms with E-state index in [2.05, 4.69) is 10.2 Å². The second-order valence-electron chi connectivity index (χ2n) is 4.94. The molecule has 1 fully saturated rings. The van der Waals surface area contributed by atoms with Crippen molar-refractivity contribution in [3.8, 4) is 0 Å². The first-order chi connectivity index (χ1) is 9.11. The molecule has 1 aromatic rings. The third-order valence-corrected chi connectivity index (χ3v) is 3.64. The highest BCUT2D eigenvalue weighted by molar-refractivity contribution is 5.81. The van der Waals surface area contributed by atoms with Gasteiger partial charge in [0, 0.05) is 19.3 Å². The number of carbonyl (C=O) groups excluding carboxylic acids is 1. The predicted molar refractivity (Wildman–Crippen MR) is 72.9 cm³/mol. The maximum atomic E-state index is 13.3. The maximum Gasteiger partial charge on any atom is 0.237 e. The third kappa shape index (κ3) is 3.23. The molecule has 0 saturated carbocycles. The molecule has 2 rings (SSSR count). The Labute approximate surface area is 112 Å². The average molecular weight is 265 g/mol. The fourth-order valence-electron chi connectivity index (χ4n) is 2.57. The molecule has 3 N–H and O–H groups in total. The number of nitrogens with one attached hydrogen (secondary N) is 1. The number of amides is 1. The van der Waals surface area contributed by atoms with Crippen LogP contribution in [0.15, 0.2) is 18.2 Å². The van der Waals surface area contributed by atoms with Crippen molar-refractivity contribution in [3.05, 3.63) is 29.6 Å². The van der Waals surface area contributed by atoms with E-state index in [9.17, 15) is 9.18 Å². The van der Waals surface area contributed by atoms with Crippen molar-refractivity contribution in [3.63, 3.8) is 0 Å². The fourth-order valence-corrected chi connectivity index (χ4v) is 2.57. The van der Waals surface area contributed by atoms with Crippen LogP contribution in [0.25, 0.3) is 0 Å². The summed E-state index contributed by atoms with van der Waals surface area (Å²) in [6.45, 7) is 1.36. The number of rotatable bonds is 3. The summed E-state index contributed by atoms with van der Waals surface area (Å²) in [5, 5.41) is 2.69. The van der Waals surface area contributed by atoms with Crippen molar-refractivity contribution in [2.24, 2.45) is 0 Å². The van der Waals surface area contributed by atoms with Crippen LogP contribution in [0.2, 0.25) is 0 Å². The number of likely N-dealkylation sites (tertiary alicyclic amines) is 1. The van der Waals surface area contributed by atoms with E-state index in [0.29, 0.717) is 12.2 Å². The molecular weight excluding hydrogens is 245 g/mol. The minimum atomic E-state index is -0.294. The number of halogens is 1. The molecule has 1 amide bonds. The van der Waals surface area contributed by atoms with Gasteiger partial charge < -0.3 is 11.1 Å². The molecule has 1 atom stereocenters. The molecular formula is C14H20FN3O. The Bertz CT molecular complexity index is 464. The summed E-state index contributed by atoms with van der Waals surface area (Å²) in [5.74, 6) is -0.271. The van der Waals surface area contributed by atoms with Gasteiger partial charge in [-0.25, -0.2) is 4.39 Å². The van der Waals surface area contributed by atoms with Crippen LogP contribution in [0.5, 0.6) is 0 Å². The van der Waals surface area contributed by atoms with Crippen LogP contribution < -0.4 is 11.1 Å². The van der Waals surface area contributed by atoms with E-state index in [4.69, 9.17) is 5.73 Å². The number of anilines is 1. The lowest BCUT2D eigenvalue weighted by Gasteiger charge is -2.34. The number of nitrogen functional groups attached to an aromatic ring is 1. The Morgan fingerprint density at radius 1 is 1.53 bits per heavy atom. The zero-order valence-electron chi connectivity index (χ0n) is 11.2. The van der Waals surface area contributed by atoms with E-state index in [-0.39, 0.29) is 17.8 Å². The van der Waals surface area contributed by atoms with Crippen LogP contribution >= 0.6 is 0 Å². The number of nitrogens with zero attached hydrogens (tertiary/aromatic N) is 1. The van der Waals surface area contributed by atoms with Crippen LogP contribution in [0.4, 0.5) is 10.1 Å². The maximum absolute atomic E-state index is 13.3. The lowest BCUT2D eigenvalue weighted by molar-refractivity contribution is -0.127. The smallest absolute Gasteiger partial charge is 0.237 e. The summed E-state index contributed by atoms with van der Waals surface area (Å²) in [7, 11) is 1.64. The van der Waals surface area contributed by atoms with Crippen molar-refractivity contribution in [1.29, 1.82) is 0 Å². The first-order valence-electron chi connectivity index (χ1n) is 6.61. The number of carbonyl (C=O) groups is 1. The first kappa shape index (κ1) is 13.8. The molecule has 0 spiro atoms. The molecule has 19 heavy (non-hydrogen) atoms. The van der Waals surface area contributed by atoms with E-state index in [1.165, 1.54) is 12.1 Å². The van der Waals surface area contributed by atoms with Gasteiger partial charge in [0.2, 0.25) is 5.91 Å². The van der Waals surface area contributed by atoms with Crippen molar-refractivity contribution in [2.75, 3.05) is 19.3 Å². The molecule has 1 heterocycles. The number of hydrogen-bond donors (Lipinski definition) is 2. The molecule has 4 nitrogen and oxygen atoms in total. The normalized spacial score (nSPS) is 20.2. The predicted octanol–water partition coefficient (Wildman–Crippen LogP) is 1.51. The van der Waals surface area contributed by atoms with Crippen molar-refractivity contribution in [2.45, 2.75) is 31.8 Å². The van der Waals surface area contributed by atoms with Gasteiger partial charge in [-0.05, 0) is 43.1 Å². The minimum Gasteiger partial charge on any atom is -0.398 e. The number of piperidine rings is 1. The Hall–Kier alpha value is -1.62. The quantitative estimate of drug-likeness (QED) is 0.814. The molecule has 104 valence electrons. The molecule has 1 aromatic carbocycles. The molecule has 1 unspecified atom stereocenters. The van der Waals surface area contributed by atoms with Gasteiger partial charge in [-0.1, -0.05) is 6.42 Å². The molecule has 1 saturated heterocycles. The van der Waals surface area contributed by atoms with E-state index in [0.717, 1.165) is 31.4 Å². The topological polar surface area (TPSA) is 58.4 Å². The Balaban J connectivity index is 2.15. The lowest BCUT2D eigenvalue weighted by atomic mass is 10.00. The van der Waals surface area contributed by atoms with Crippen LogP contribution in [-0.2, 0) is 11.3 Å². The number of benzene rings is 1. The van der Waals surface area contributed by atoms with Crippen LogP contribution in [-0.4, -0.2) is 30.4 Å². The highest BCUT2D eigenvalue weighted by Crippen LogP contribution is 2.22. The SMILES string of the molecule is CNC(=O)C1CCCCN1Cc1cc(F)ccc1N. The molecule has 0 radical (unpaired) electrons. The Morgan fingerprint density at radius 3 is 3.05 bits per heavy atom. The average Bonchev–Trinajstić information content (AvgIpc) is 2.42. The zero-order valence-corrected chi connectivity index (χ0v) is 11.2. The summed E-state index contributed by atoms with van der Waals surface area (Å²) in [4.78, 5) is 13.9. The lowest BCUT2D eigenvalue weighted by Crippen LogP contribution is -2.48. The van der Waals surface area contributed by atoms with Gasteiger partial charge in [0.25, 0.3) is 0 Å². The minimum absolute atomic E-state index is 0.0228. The van der Waals surface area contributed by atoms with Gasteiger partial charge in [0.05, 0.1) is 6.04 Å². The van der Waals surface area contributed by atoms with Gasteiger partial charge in [0.1, 0.15) is 5.82 Å². The summed E-state index contributed by atoms with van der Waals surface area (Å²) in [6, 6.07) is 4.24. The van der Waals surface area contributed by atoms with E-state index < -0.39 is 0 Å².